The van der Waals surface area contributed by atoms with Crippen molar-refractivity contribution in [3.05, 3.63) is 59.9 Å². The zero-order chi connectivity index (χ0) is 24.7. The van der Waals surface area contributed by atoms with Crippen molar-refractivity contribution in [2.24, 2.45) is 5.73 Å². The van der Waals surface area contributed by atoms with Crippen LogP contribution < -0.4 is 31.7 Å². The third-order valence-corrected chi connectivity index (χ3v) is 6.10. The van der Waals surface area contributed by atoms with Crippen molar-refractivity contribution in [2.75, 3.05) is 54.6 Å². The minimum Gasteiger partial charge on any atom is -0.376 e. The lowest BCUT2D eigenvalue weighted by atomic mass is 10.0. The van der Waals surface area contributed by atoms with Gasteiger partial charge in [-0.25, -0.2) is 0 Å². The quantitative estimate of drug-likeness (QED) is 0.333. The zero-order valence-corrected chi connectivity index (χ0v) is 19.9. The number of aromatic nitrogens is 4. The number of hydrogen-bond acceptors (Lipinski definition) is 11. The largest absolute Gasteiger partial charge is 0.376 e. The molecule has 188 valence electrons. The Labute approximate surface area is 209 Å². The van der Waals surface area contributed by atoms with Crippen LogP contribution in [0.25, 0.3) is 0 Å². The summed E-state index contributed by atoms with van der Waals surface area (Å²) in [5.41, 5.74) is 14.1. The van der Waals surface area contributed by atoms with Crippen LogP contribution in [0.5, 0.6) is 0 Å². The maximum atomic E-state index is 12.6. The van der Waals surface area contributed by atoms with Crippen molar-refractivity contribution in [1.82, 2.24) is 30.7 Å². The second-order valence-electron chi connectivity index (χ2n) is 8.48. The van der Waals surface area contributed by atoms with Crippen LogP contribution in [0.2, 0.25) is 0 Å². The second kappa shape index (κ2) is 11.2. The van der Waals surface area contributed by atoms with Crippen molar-refractivity contribution < 1.29 is 9.53 Å². The number of rotatable bonds is 8. The molecule has 1 fully saturated rings. The van der Waals surface area contributed by atoms with Crippen molar-refractivity contribution in [3.8, 4) is 0 Å². The Morgan fingerprint density at radius 3 is 2.78 bits per heavy atom. The van der Waals surface area contributed by atoms with Crippen LogP contribution in [-0.2, 0) is 11.2 Å². The van der Waals surface area contributed by atoms with E-state index < -0.39 is 0 Å². The molecule has 1 saturated heterocycles. The highest BCUT2D eigenvalue weighted by atomic mass is 16.5. The van der Waals surface area contributed by atoms with Crippen molar-refractivity contribution in [2.45, 2.75) is 19.0 Å². The molecule has 1 atom stereocenters. The number of pyridine rings is 1. The lowest BCUT2D eigenvalue weighted by Crippen LogP contribution is -2.55. The van der Waals surface area contributed by atoms with Crippen LogP contribution in [0.15, 0.2) is 48.8 Å². The van der Waals surface area contributed by atoms with Crippen molar-refractivity contribution >= 4 is 29.4 Å². The molecule has 36 heavy (non-hydrogen) atoms. The van der Waals surface area contributed by atoms with E-state index in [2.05, 4.69) is 53.1 Å². The molecular formula is C24H30N10O2. The highest BCUT2D eigenvalue weighted by Crippen LogP contribution is 2.32. The van der Waals surface area contributed by atoms with Crippen LogP contribution in [0.4, 0.5) is 23.5 Å². The Bertz CT molecular complexity index is 1180. The van der Waals surface area contributed by atoms with E-state index in [1.807, 2.05) is 12.1 Å². The van der Waals surface area contributed by atoms with E-state index in [0.717, 1.165) is 25.1 Å². The first-order chi connectivity index (χ1) is 17.7. The number of carbonyl (C=O) groups excluding carboxylic acids is 1. The van der Waals surface area contributed by atoms with E-state index in [-0.39, 0.29) is 18.0 Å². The number of anilines is 4. The molecule has 1 unspecified atom stereocenters. The maximum absolute atomic E-state index is 12.6. The molecule has 2 aliphatic rings. The number of nitrogens with one attached hydrogen (secondary N) is 3. The molecular weight excluding hydrogens is 460 g/mol. The third kappa shape index (κ3) is 5.35. The minimum atomic E-state index is -0.321. The van der Waals surface area contributed by atoms with E-state index in [1.54, 1.807) is 24.5 Å². The van der Waals surface area contributed by atoms with Crippen molar-refractivity contribution in [1.29, 1.82) is 0 Å². The first-order valence-corrected chi connectivity index (χ1v) is 12.1. The summed E-state index contributed by atoms with van der Waals surface area (Å²) < 4.78 is 5.68. The van der Waals surface area contributed by atoms with Gasteiger partial charge in [-0.05, 0) is 36.6 Å². The fraction of sp³-hybridized carbons (Fsp3) is 0.375. The van der Waals surface area contributed by atoms with Gasteiger partial charge in [0.1, 0.15) is 6.17 Å². The lowest BCUT2D eigenvalue weighted by Gasteiger charge is -2.37. The van der Waals surface area contributed by atoms with Crippen LogP contribution in [0, 0.1) is 0 Å². The number of aryl methyl sites for hydroxylation is 1. The van der Waals surface area contributed by atoms with Crippen LogP contribution in [0.3, 0.4) is 0 Å². The van der Waals surface area contributed by atoms with Crippen LogP contribution in [-0.4, -0.2) is 71.4 Å². The first kappa shape index (κ1) is 23.9. The normalized spacial score (nSPS) is 17.4. The fourth-order valence-corrected chi connectivity index (χ4v) is 4.35. The van der Waals surface area contributed by atoms with Gasteiger partial charge in [0.2, 0.25) is 17.8 Å². The standard InChI is InChI=1S/C24H30N10O2/c25-9-12-27-20-16-36-15-14-34(20)24-29-22(32-31-21(35)18-7-10-26-11-8-18)28-23(30-24)33-13-3-5-17-4-1-2-6-19(17)33/h1-2,4,6-8,10-11,20,27H,3,5,9,12-16,25H2,(H,31,35)(H,28,29,30,32). The predicted molar refractivity (Wildman–Crippen MR) is 136 cm³/mol. The summed E-state index contributed by atoms with van der Waals surface area (Å²) in [7, 11) is 0. The number of amides is 1. The summed E-state index contributed by atoms with van der Waals surface area (Å²) in [6, 6.07) is 11.5. The number of morpholine rings is 1. The molecule has 5 rings (SSSR count). The molecule has 0 bridgehead atoms. The molecule has 5 N–H and O–H groups in total. The second-order valence-corrected chi connectivity index (χ2v) is 8.48. The number of benzene rings is 1. The number of hydrogen-bond donors (Lipinski definition) is 4. The van der Waals surface area contributed by atoms with Crippen LogP contribution in [0.1, 0.15) is 22.3 Å². The van der Waals surface area contributed by atoms with E-state index >= 15 is 0 Å². The Balaban J connectivity index is 1.47. The molecule has 0 spiro atoms. The van der Waals surface area contributed by atoms with Gasteiger partial charge in [-0.1, -0.05) is 18.2 Å². The smallest absolute Gasteiger partial charge is 0.269 e. The third-order valence-electron chi connectivity index (χ3n) is 6.10. The van der Waals surface area contributed by atoms with E-state index in [1.165, 1.54) is 5.56 Å². The zero-order valence-electron chi connectivity index (χ0n) is 19.9. The highest BCUT2D eigenvalue weighted by molar-refractivity contribution is 5.94. The number of nitrogens with zero attached hydrogens (tertiary/aromatic N) is 6. The summed E-state index contributed by atoms with van der Waals surface area (Å²) in [6.45, 7) is 3.55. The average molecular weight is 491 g/mol. The average Bonchev–Trinajstić information content (AvgIpc) is 2.95. The van der Waals surface area contributed by atoms with E-state index in [4.69, 9.17) is 15.5 Å². The van der Waals surface area contributed by atoms with Gasteiger partial charge in [0.05, 0.1) is 13.2 Å². The molecule has 2 aliphatic heterocycles. The number of hydrazine groups is 1. The molecule has 1 amide bonds. The summed E-state index contributed by atoms with van der Waals surface area (Å²) in [6.07, 6.45) is 4.98. The predicted octanol–water partition coefficient (Wildman–Crippen LogP) is 0.819. The highest BCUT2D eigenvalue weighted by Gasteiger charge is 2.28. The number of carbonyl (C=O) groups is 1. The van der Waals surface area contributed by atoms with Gasteiger partial charge in [0.25, 0.3) is 5.91 Å². The van der Waals surface area contributed by atoms with Gasteiger partial charge >= 0.3 is 0 Å². The van der Waals surface area contributed by atoms with Gasteiger partial charge < -0.3 is 20.3 Å². The summed E-state index contributed by atoms with van der Waals surface area (Å²) in [4.78, 5) is 34.9. The van der Waals surface area contributed by atoms with Crippen molar-refractivity contribution in [3.63, 3.8) is 0 Å². The van der Waals surface area contributed by atoms with E-state index in [0.29, 0.717) is 50.3 Å². The molecule has 3 aromatic rings. The Hall–Kier alpha value is -3.87. The van der Waals surface area contributed by atoms with Gasteiger partial charge in [0.15, 0.2) is 0 Å². The number of nitrogens with two attached hydrogens (primary N) is 1. The topological polar surface area (TPSA) is 146 Å². The number of fused-ring (bicyclic) bond motifs is 1. The lowest BCUT2D eigenvalue weighted by molar-refractivity contribution is 0.0835. The molecule has 12 heteroatoms. The molecule has 0 saturated carbocycles. The summed E-state index contributed by atoms with van der Waals surface area (Å²) >= 11 is 0. The van der Waals surface area contributed by atoms with E-state index in [9.17, 15) is 4.79 Å². The minimum absolute atomic E-state index is 0.134. The molecule has 0 aliphatic carbocycles. The van der Waals surface area contributed by atoms with Gasteiger partial charge in [-0.2, -0.15) is 15.0 Å². The molecule has 4 heterocycles. The number of ether oxygens (including phenoxy) is 1. The van der Waals surface area contributed by atoms with Gasteiger partial charge in [0, 0.05) is 49.8 Å². The number of para-hydroxylation sites is 1. The molecule has 0 radical (unpaired) electrons. The van der Waals surface area contributed by atoms with Crippen LogP contribution >= 0.6 is 0 Å². The molecule has 1 aromatic carbocycles. The molecule has 2 aromatic heterocycles. The fourth-order valence-electron chi connectivity index (χ4n) is 4.35. The summed E-state index contributed by atoms with van der Waals surface area (Å²) in [5.74, 6) is 0.918. The summed E-state index contributed by atoms with van der Waals surface area (Å²) in [5, 5.41) is 3.39. The Kier molecular flexibility index (Phi) is 7.45. The maximum Gasteiger partial charge on any atom is 0.269 e. The SMILES string of the molecule is NCCNC1COCCN1c1nc(NNC(=O)c2ccncc2)nc(N2CCCc3ccccc32)n1. The Morgan fingerprint density at radius 2 is 1.92 bits per heavy atom. The van der Waals surface area contributed by atoms with Gasteiger partial charge in [-0.3, -0.25) is 25.9 Å². The molecule has 12 nitrogen and oxygen atoms in total. The van der Waals surface area contributed by atoms with Gasteiger partial charge in [-0.15, -0.1) is 0 Å². The first-order valence-electron chi connectivity index (χ1n) is 12.1. The Morgan fingerprint density at radius 1 is 1.08 bits per heavy atom. The monoisotopic (exact) mass is 490 g/mol.